The van der Waals surface area contributed by atoms with E-state index in [-0.39, 0.29) is 31.3 Å². The predicted octanol–water partition coefficient (Wildman–Crippen LogP) is 5.37. The molecule has 1 saturated heterocycles. The standard InChI is InChI=1S/C26H25F8N3O5S/c1-12-4-3-9-37(12)21(39)16-17(43-20(36-16)19(38)35-11-23(7-8-23)22(40)42-2)14-6-5-13(10-15(14)18(27)28)24(41,25(29,30)31)26(32,33)34/h5-6,10,12,18,41H,3-4,7-9,11H2,1-2H3,(H,35,38)/t12-/m0/s1. The quantitative estimate of drug-likeness (QED) is 0.296. The second kappa shape index (κ2) is 11.3. The number of hydrogen-bond donors (Lipinski definition) is 2. The molecule has 0 spiro atoms. The molecule has 1 aliphatic heterocycles. The van der Waals surface area contributed by atoms with Crippen LogP contribution < -0.4 is 5.32 Å². The SMILES string of the molecule is COC(=O)C1(CNC(=O)c2nc(C(=O)N3CCC[C@@H]3C)c(-c3ccc(C(O)(C(F)(F)F)C(F)(F)F)cc3C(F)F)s2)CC1. The fraction of sp³-hybridized carbons (Fsp3) is 0.538. The molecule has 0 unspecified atom stereocenters. The van der Waals surface area contributed by atoms with Gasteiger partial charge in [0.25, 0.3) is 23.8 Å². The number of rotatable bonds is 8. The summed E-state index contributed by atoms with van der Waals surface area (Å²) in [6, 6.07) is 0.247. The van der Waals surface area contributed by atoms with Crippen LogP contribution in [-0.2, 0) is 15.1 Å². The molecule has 17 heteroatoms. The highest BCUT2D eigenvalue weighted by molar-refractivity contribution is 7.17. The number of carbonyl (C=O) groups is 3. The summed E-state index contributed by atoms with van der Waals surface area (Å²) in [5, 5.41) is 11.8. The van der Waals surface area contributed by atoms with Crippen molar-refractivity contribution < 1.29 is 59.4 Å². The van der Waals surface area contributed by atoms with Crippen LogP contribution in [0, 0.1) is 5.41 Å². The van der Waals surface area contributed by atoms with Crippen molar-refractivity contribution in [3.63, 3.8) is 0 Å². The molecule has 2 aliphatic rings. The lowest BCUT2D eigenvalue weighted by Crippen LogP contribution is -2.54. The van der Waals surface area contributed by atoms with Crippen LogP contribution in [0.4, 0.5) is 35.1 Å². The molecule has 0 radical (unpaired) electrons. The first kappa shape index (κ1) is 32.6. The van der Waals surface area contributed by atoms with Crippen molar-refractivity contribution in [2.45, 2.75) is 63.0 Å². The number of benzene rings is 1. The Kier molecular flexibility index (Phi) is 8.56. The maximum Gasteiger partial charge on any atom is 0.430 e. The molecule has 1 aliphatic carbocycles. The minimum Gasteiger partial charge on any atom is -0.469 e. The predicted molar refractivity (Wildman–Crippen MR) is 134 cm³/mol. The van der Waals surface area contributed by atoms with E-state index in [2.05, 4.69) is 10.3 Å². The number of hydrogen-bond acceptors (Lipinski definition) is 7. The maximum absolute atomic E-state index is 14.2. The van der Waals surface area contributed by atoms with Gasteiger partial charge in [0.15, 0.2) is 5.01 Å². The second-order valence-electron chi connectivity index (χ2n) is 10.4. The lowest BCUT2D eigenvalue weighted by atomic mass is 9.89. The van der Waals surface area contributed by atoms with Crippen molar-refractivity contribution in [1.82, 2.24) is 15.2 Å². The zero-order chi connectivity index (χ0) is 32.1. The number of carbonyl (C=O) groups excluding carboxylic acids is 3. The molecule has 2 N–H and O–H groups in total. The minimum absolute atomic E-state index is 0.125. The Bertz CT molecular complexity index is 1410. The Morgan fingerprint density at radius 1 is 1.16 bits per heavy atom. The Labute approximate surface area is 243 Å². The normalized spacial score (nSPS) is 18.6. The van der Waals surface area contributed by atoms with Crippen molar-refractivity contribution in [2.24, 2.45) is 5.41 Å². The van der Waals surface area contributed by atoms with Crippen molar-refractivity contribution in [1.29, 1.82) is 0 Å². The molecule has 236 valence electrons. The zero-order valence-corrected chi connectivity index (χ0v) is 23.4. The summed E-state index contributed by atoms with van der Waals surface area (Å²) in [7, 11) is 1.17. The average Bonchev–Trinajstić information content (AvgIpc) is 3.39. The van der Waals surface area contributed by atoms with E-state index < -0.39 is 79.8 Å². The summed E-state index contributed by atoms with van der Waals surface area (Å²) in [6.07, 6.45) is -14.3. The number of nitrogens with zero attached hydrogens (tertiary/aromatic N) is 2. The van der Waals surface area contributed by atoms with Crippen LogP contribution in [0.5, 0.6) is 0 Å². The fourth-order valence-electron chi connectivity index (χ4n) is 4.92. The first-order valence-electron chi connectivity index (χ1n) is 12.8. The number of aromatic nitrogens is 1. The third kappa shape index (κ3) is 5.80. The summed E-state index contributed by atoms with van der Waals surface area (Å²) in [5.41, 5.74) is -10.8. The van der Waals surface area contributed by atoms with Gasteiger partial charge in [-0.3, -0.25) is 14.4 Å². The average molecular weight is 644 g/mol. The van der Waals surface area contributed by atoms with Crippen LogP contribution in [-0.4, -0.2) is 71.4 Å². The molecule has 8 nitrogen and oxygen atoms in total. The van der Waals surface area contributed by atoms with Gasteiger partial charge in [-0.1, -0.05) is 12.1 Å². The highest BCUT2D eigenvalue weighted by Gasteiger charge is 2.71. The van der Waals surface area contributed by atoms with E-state index in [1.807, 2.05) is 0 Å². The van der Waals surface area contributed by atoms with E-state index in [1.165, 1.54) is 12.0 Å². The van der Waals surface area contributed by atoms with Gasteiger partial charge in [-0.15, -0.1) is 11.3 Å². The van der Waals surface area contributed by atoms with Crippen molar-refractivity contribution in [2.75, 3.05) is 20.2 Å². The molecule has 2 amide bonds. The zero-order valence-electron chi connectivity index (χ0n) is 22.5. The van der Waals surface area contributed by atoms with Crippen LogP contribution in [0.2, 0.25) is 0 Å². The van der Waals surface area contributed by atoms with Crippen LogP contribution in [0.25, 0.3) is 10.4 Å². The van der Waals surface area contributed by atoms with Crippen molar-refractivity contribution in [3.05, 3.63) is 40.0 Å². The smallest absolute Gasteiger partial charge is 0.430 e. The van der Waals surface area contributed by atoms with Gasteiger partial charge in [0.1, 0.15) is 5.69 Å². The van der Waals surface area contributed by atoms with E-state index in [0.29, 0.717) is 43.1 Å². The van der Waals surface area contributed by atoms with Gasteiger partial charge in [0.2, 0.25) is 0 Å². The van der Waals surface area contributed by atoms with Gasteiger partial charge >= 0.3 is 18.3 Å². The van der Waals surface area contributed by atoms with E-state index in [9.17, 15) is 54.6 Å². The highest BCUT2D eigenvalue weighted by Crippen LogP contribution is 2.51. The number of alkyl halides is 8. The topological polar surface area (TPSA) is 109 Å². The first-order valence-corrected chi connectivity index (χ1v) is 13.7. The lowest BCUT2D eigenvalue weighted by Gasteiger charge is -2.33. The maximum atomic E-state index is 14.2. The second-order valence-corrected chi connectivity index (χ2v) is 11.4. The van der Waals surface area contributed by atoms with E-state index in [1.54, 1.807) is 6.92 Å². The molecule has 1 aromatic carbocycles. The first-order chi connectivity index (χ1) is 19.9. The van der Waals surface area contributed by atoms with Crippen LogP contribution >= 0.6 is 11.3 Å². The van der Waals surface area contributed by atoms with E-state index >= 15 is 0 Å². The molecule has 4 rings (SSSR count). The summed E-state index contributed by atoms with van der Waals surface area (Å²) in [4.78, 5) is 43.5. The molecule has 0 bridgehead atoms. The van der Waals surface area contributed by atoms with Gasteiger partial charge in [0.05, 0.1) is 17.4 Å². The van der Waals surface area contributed by atoms with Gasteiger partial charge in [-0.2, -0.15) is 26.3 Å². The number of halogens is 8. The Morgan fingerprint density at radius 2 is 1.79 bits per heavy atom. The number of ether oxygens (including phenoxy) is 1. The van der Waals surface area contributed by atoms with E-state index in [4.69, 9.17) is 4.74 Å². The molecule has 1 atom stereocenters. The molecular weight excluding hydrogens is 618 g/mol. The molecule has 43 heavy (non-hydrogen) atoms. The number of likely N-dealkylation sites (tertiary alicyclic amines) is 1. The van der Waals surface area contributed by atoms with Crippen LogP contribution in [0.15, 0.2) is 18.2 Å². The Hall–Kier alpha value is -3.34. The van der Waals surface area contributed by atoms with Gasteiger partial charge in [-0.25, -0.2) is 13.8 Å². The van der Waals surface area contributed by atoms with Crippen molar-refractivity contribution in [3.8, 4) is 10.4 Å². The Morgan fingerprint density at radius 3 is 2.28 bits per heavy atom. The minimum atomic E-state index is -6.32. The summed E-state index contributed by atoms with van der Waals surface area (Å²) < 4.78 is 114. The highest BCUT2D eigenvalue weighted by atomic mass is 32.1. The molecular formula is C26H25F8N3O5S. The summed E-state index contributed by atoms with van der Waals surface area (Å²) in [5.74, 6) is -2.24. The third-order valence-electron chi connectivity index (χ3n) is 7.67. The van der Waals surface area contributed by atoms with Crippen molar-refractivity contribution >= 4 is 29.1 Å². The van der Waals surface area contributed by atoms with Crippen LogP contribution in [0.3, 0.4) is 0 Å². The number of aliphatic hydroxyl groups is 1. The molecule has 2 heterocycles. The van der Waals surface area contributed by atoms with Gasteiger partial charge < -0.3 is 20.1 Å². The largest absolute Gasteiger partial charge is 0.469 e. The molecule has 2 fully saturated rings. The monoisotopic (exact) mass is 643 g/mol. The molecule has 1 aromatic heterocycles. The number of thiazole rings is 1. The summed E-state index contributed by atoms with van der Waals surface area (Å²) >= 11 is 0.423. The Balaban J connectivity index is 1.81. The van der Waals surface area contributed by atoms with E-state index in [0.717, 1.165) is 0 Å². The molecule has 2 aromatic rings. The lowest BCUT2D eigenvalue weighted by molar-refractivity contribution is -0.376. The number of esters is 1. The van der Waals surface area contributed by atoms with Crippen LogP contribution in [0.1, 0.15) is 70.4 Å². The molecule has 1 saturated carbocycles. The number of methoxy groups -OCH3 is 1. The van der Waals surface area contributed by atoms with Gasteiger partial charge in [-0.05, 0) is 38.7 Å². The number of amides is 2. The summed E-state index contributed by atoms with van der Waals surface area (Å²) in [6.45, 7) is 1.80. The number of nitrogens with one attached hydrogen (secondary N) is 1. The third-order valence-corrected chi connectivity index (χ3v) is 8.75. The fourth-order valence-corrected chi connectivity index (χ4v) is 5.95. The van der Waals surface area contributed by atoms with Gasteiger partial charge in [0, 0.05) is 35.8 Å².